The van der Waals surface area contributed by atoms with Crippen molar-refractivity contribution < 1.29 is 18.4 Å². The number of hydrogen-bond donors (Lipinski definition) is 3. The lowest BCUT2D eigenvalue weighted by atomic mass is 10.1. The van der Waals surface area contributed by atoms with Gasteiger partial charge in [-0.05, 0) is 97.5 Å². The Bertz CT molecular complexity index is 1690. The van der Waals surface area contributed by atoms with Crippen LogP contribution in [0.5, 0.6) is 0 Å². The van der Waals surface area contributed by atoms with Crippen molar-refractivity contribution in [2.24, 2.45) is 0 Å². The van der Waals surface area contributed by atoms with E-state index in [1.165, 1.54) is 6.08 Å². The van der Waals surface area contributed by atoms with Crippen LogP contribution >= 0.6 is 23.8 Å². The Hall–Kier alpha value is -4.66. The second-order valence-electron chi connectivity index (χ2n) is 8.62. The largest absolute Gasteiger partial charge is 0.457 e. The van der Waals surface area contributed by atoms with E-state index in [0.717, 1.165) is 16.5 Å². The third-order valence-corrected chi connectivity index (χ3v) is 6.23. The molecular formula is C30H22ClN3O4S. The molecule has 39 heavy (non-hydrogen) atoms. The van der Waals surface area contributed by atoms with E-state index in [9.17, 15) is 9.59 Å². The summed E-state index contributed by atoms with van der Waals surface area (Å²) >= 11 is 11.2. The van der Waals surface area contributed by atoms with Gasteiger partial charge in [-0.1, -0.05) is 29.8 Å². The highest BCUT2D eigenvalue weighted by Gasteiger charge is 2.14. The van der Waals surface area contributed by atoms with Crippen LogP contribution in [0.25, 0.3) is 28.4 Å². The zero-order chi connectivity index (χ0) is 27.4. The lowest BCUT2D eigenvalue weighted by molar-refractivity contribution is -0.115. The molecule has 2 heterocycles. The van der Waals surface area contributed by atoms with Crippen LogP contribution in [0, 0.1) is 6.92 Å². The van der Waals surface area contributed by atoms with Gasteiger partial charge in [-0.2, -0.15) is 0 Å². The fourth-order valence-corrected chi connectivity index (χ4v) is 4.19. The van der Waals surface area contributed by atoms with Gasteiger partial charge in [0.15, 0.2) is 10.9 Å². The number of amides is 2. The molecule has 0 radical (unpaired) electrons. The average molecular weight is 556 g/mol. The van der Waals surface area contributed by atoms with Gasteiger partial charge in [0, 0.05) is 33.4 Å². The normalized spacial score (nSPS) is 11.0. The van der Waals surface area contributed by atoms with Gasteiger partial charge in [-0.3, -0.25) is 14.9 Å². The van der Waals surface area contributed by atoms with Gasteiger partial charge < -0.3 is 19.5 Å². The maximum atomic E-state index is 12.7. The zero-order valence-corrected chi connectivity index (χ0v) is 22.2. The minimum Gasteiger partial charge on any atom is -0.457 e. The van der Waals surface area contributed by atoms with Crippen LogP contribution in [0.2, 0.25) is 5.02 Å². The number of furan rings is 2. The molecule has 0 aliphatic rings. The molecule has 0 unspecified atom stereocenters. The molecule has 194 valence electrons. The highest BCUT2D eigenvalue weighted by molar-refractivity contribution is 7.80. The van der Waals surface area contributed by atoms with Crippen LogP contribution in [0.1, 0.15) is 21.9 Å². The summed E-state index contributed by atoms with van der Waals surface area (Å²) in [5.74, 6) is 0.650. The number of nitrogens with one attached hydrogen (secondary N) is 3. The van der Waals surface area contributed by atoms with Gasteiger partial charge in [0.2, 0.25) is 5.91 Å². The minimum absolute atomic E-state index is 0.129. The van der Waals surface area contributed by atoms with E-state index in [4.69, 9.17) is 32.7 Å². The number of para-hydroxylation sites is 1. The number of aryl methyl sites for hydroxylation is 1. The molecule has 7 nitrogen and oxygen atoms in total. The predicted molar refractivity (Wildman–Crippen MR) is 158 cm³/mol. The van der Waals surface area contributed by atoms with Crippen molar-refractivity contribution in [3.05, 3.63) is 113 Å². The number of rotatable bonds is 6. The standard InChI is InChI=1S/C30H22ClN3O4S/c1-18-16-22(10-13-24(18)33-29(36)27-17-20-4-2-3-5-25(20)38-27)32-30(39)34-28(35)15-12-23-11-14-26(37-23)19-6-8-21(31)9-7-19/h2-17H,1H3,(H,33,36)(H2,32,34,35,39)/b15-12+. The summed E-state index contributed by atoms with van der Waals surface area (Å²) in [6.07, 6.45) is 2.89. The Morgan fingerprint density at radius 2 is 1.69 bits per heavy atom. The first-order valence-corrected chi connectivity index (χ1v) is 12.7. The van der Waals surface area contributed by atoms with Crippen LogP contribution in [-0.2, 0) is 4.79 Å². The van der Waals surface area contributed by atoms with Gasteiger partial charge in [0.1, 0.15) is 17.1 Å². The van der Waals surface area contributed by atoms with E-state index in [1.54, 1.807) is 42.5 Å². The Labute approximate surface area is 234 Å². The van der Waals surface area contributed by atoms with E-state index in [2.05, 4.69) is 16.0 Å². The summed E-state index contributed by atoms with van der Waals surface area (Å²) in [4.78, 5) is 25.0. The molecular weight excluding hydrogens is 534 g/mol. The van der Waals surface area contributed by atoms with Gasteiger partial charge in [0.25, 0.3) is 5.91 Å². The number of anilines is 2. The maximum absolute atomic E-state index is 12.7. The summed E-state index contributed by atoms with van der Waals surface area (Å²) in [6.45, 7) is 1.85. The van der Waals surface area contributed by atoms with Crippen molar-refractivity contribution in [1.29, 1.82) is 0 Å². The topological polar surface area (TPSA) is 96.5 Å². The second kappa shape index (κ2) is 11.4. The SMILES string of the molecule is Cc1cc(NC(=S)NC(=O)/C=C/c2ccc(-c3ccc(Cl)cc3)o2)ccc1NC(=O)c1cc2ccccc2o1. The Morgan fingerprint density at radius 1 is 0.897 bits per heavy atom. The molecule has 0 aliphatic carbocycles. The first kappa shape index (κ1) is 26.0. The van der Waals surface area contributed by atoms with Crippen molar-refractivity contribution in [3.63, 3.8) is 0 Å². The number of halogens is 1. The van der Waals surface area contributed by atoms with Crippen molar-refractivity contribution in [3.8, 4) is 11.3 Å². The van der Waals surface area contributed by atoms with Gasteiger partial charge in [-0.25, -0.2) is 0 Å². The third-order valence-electron chi connectivity index (χ3n) is 5.77. The van der Waals surface area contributed by atoms with E-state index in [0.29, 0.717) is 33.5 Å². The summed E-state index contributed by atoms with van der Waals surface area (Å²) in [7, 11) is 0. The van der Waals surface area contributed by atoms with E-state index in [1.807, 2.05) is 55.5 Å². The molecule has 0 fully saturated rings. The third kappa shape index (κ3) is 6.43. The summed E-state index contributed by atoms with van der Waals surface area (Å²) in [5, 5.41) is 10.1. The van der Waals surface area contributed by atoms with Crippen LogP contribution in [0.4, 0.5) is 11.4 Å². The smallest absolute Gasteiger partial charge is 0.291 e. The van der Waals surface area contributed by atoms with E-state index < -0.39 is 5.91 Å². The highest BCUT2D eigenvalue weighted by atomic mass is 35.5. The van der Waals surface area contributed by atoms with Crippen LogP contribution in [-0.4, -0.2) is 16.9 Å². The number of thiocarbonyl (C=S) groups is 1. The summed E-state index contributed by atoms with van der Waals surface area (Å²) < 4.78 is 11.4. The Morgan fingerprint density at radius 3 is 2.46 bits per heavy atom. The molecule has 0 atom stereocenters. The lowest BCUT2D eigenvalue weighted by Gasteiger charge is -2.12. The van der Waals surface area contributed by atoms with Crippen molar-refractivity contribution in [2.45, 2.75) is 6.92 Å². The maximum Gasteiger partial charge on any atom is 0.291 e. The molecule has 5 aromatic rings. The van der Waals surface area contributed by atoms with Crippen LogP contribution < -0.4 is 16.0 Å². The second-order valence-corrected chi connectivity index (χ2v) is 9.46. The summed E-state index contributed by atoms with van der Waals surface area (Å²) in [6, 6.07) is 25.3. The molecule has 2 amide bonds. The molecule has 5 rings (SSSR count). The Balaban J connectivity index is 1.14. The number of hydrogen-bond acceptors (Lipinski definition) is 5. The quantitative estimate of drug-likeness (QED) is 0.149. The number of carbonyl (C=O) groups excluding carboxylic acids is 2. The average Bonchev–Trinajstić information content (AvgIpc) is 3.57. The van der Waals surface area contributed by atoms with Crippen molar-refractivity contribution >= 4 is 69.2 Å². The molecule has 3 aromatic carbocycles. The molecule has 0 aliphatic heterocycles. The van der Waals surface area contributed by atoms with Gasteiger partial charge >= 0.3 is 0 Å². The predicted octanol–water partition coefficient (Wildman–Crippen LogP) is 7.43. The van der Waals surface area contributed by atoms with Crippen molar-refractivity contribution in [1.82, 2.24) is 5.32 Å². The summed E-state index contributed by atoms with van der Waals surface area (Å²) in [5.41, 5.74) is 3.61. The zero-order valence-electron chi connectivity index (χ0n) is 20.7. The first-order chi connectivity index (χ1) is 18.8. The number of fused-ring (bicyclic) bond motifs is 1. The monoisotopic (exact) mass is 555 g/mol. The fourth-order valence-electron chi connectivity index (χ4n) is 3.84. The van der Waals surface area contributed by atoms with Crippen LogP contribution in [0.3, 0.4) is 0 Å². The number of carbonyl (C=O) groups is 2. The molecule has 9 heteroatoms. The first-order valence-electron chi connectivity index (χ1n) is 11.9. The highest BCUT2D eigenvalue weighted by Crippen LogP contribution is 2.25. The van der Waals surface area contributed by atoms with E-state index >= 15 is 0 Å². The van der Waals surface area contributed by atoms with Crippen molar-refractivity contribution in [2.75, 3.05) is 10.6 Å². The van der Waals surface area contributed by atoms with Gasteiger partial charge in [0.05, 0.1) is 0 Å². The molecule has 0 saturated heterocycles. The van der Waals surface area contributed by atoms with E-state index in [-0.39, 0.29) is 16.8 Å². The molecule has 0 spiro atoms. The molecule has 3 N–H and O–H groups in total. The molecule has 0 bridgehead atoms. The van der Waals surface area contributed by atoms with Crippen LogP contribution in [0.15, 0.2) is 99.8 Å². The lowest BCUT2D eigenvalue weighted by Crippen LogP contribution is -2.32. The minimum atomic E-state index is -0.414. The Kier molecular flexibility index (Phi) is 7.58. The molecule has 0 saturated carbocycles. The van der Waals surface area contributed by atoms with Gasteiger partial charge in [-0.15, -0.1) is 0 Å². The molecule has 2 aromatic heterocycles. The number of benzene rings is 3. The fraction of sp³-hybridized carbons (Fsp3) is 0.0333.